The molecule has 8 heteroatoms. The smallest absolute Gasteiger partial charge is 0.308 e. The molecular formula is C13H13FN2O5. The average molecular weight is 296 g/mol. The van der Waals surface area contributed by atoms with E-state index in [1.807, 2.05) is 0 Å². The van der Waals surface area contributed by atoms with Crippen LogP contribution in [0.25, 0.3) is 0 Å². The number of piperidine rings is 1. The van der Waals surface area contributed by atoms with Crippen molar-refractivity contribution in [2.24, 2.45) is 5.92 Å². The van der Waals surface area contributed by atoms with Crippen LogP contribution in [-0.4, -0.2) is 39.9 Å². The minimum atomic E-state index is -1.01. The lowest BCUT2D eigenvalue weighted by Crippen LogP contribution is -2.42. The highest BCUT2D eigenvalue weighted by Crippen LogP contribution is 2.22. The van der Waals surface area contributed by atoms with Crippen LogP contribution in [0.4, 0.5) is 10.1 Å². The van der Waals surface area contributed by atoms with Crippen molar-refractivity contribution in [1.29, 1.82) is 0 Å². The van der Waals surface area contributed by atoms with E-state index in [1.165, 1.54) is 4.90 Å². The topological polar surface area (TPSA) is 101 Å². The lowest BCUT2D eigenvalue weighted by atomic mass is 9.97. The number of nitro groups is 1. The van der Waals surface area contributed by atoms with Crippen molar-refractivity contribution in [3.8, 4) is 0 Å². The predicted octanol–water partition coefficient (Wildman–Crippen LogP) is 1.67. The maximum absolute atomic E-state index is 13.7. The minimum Gasteiger partial charge on any atom is -0.481 e. The fourth-order valence-electron chi connectivity index (χ4n) is 2.32. The number of benzene rings is 1. The Morgan fingerprint density at radius 1 is 1.43 bits per heavy atom. The second kappa shape index (κ2) is 5.86. The number of hydrogen-bond donors (Lipinski definition) is 1. The predicted molar refractivity (Wildman–Crippen MR) is 69.3 cm³/mol. The largest absolute Gasteiger partial charge is 0.481 e. The lowest BCUT2D eigenvalue weighted by molar-refractivity contribution is -0.384. The molecule has 1 aliphatic rings. The Kier molecular flexibility index (Phi) is 4.15. The van der Waals surface area contributed by atoms with Crippen molar-refractivity contribution in [1.82, 2.24) is 4.90 Å². The highest BCUT2D eigenvalue weighted by atomic mass is 19.1. The van der Waals surface area contributed by atoms with Crippen LogP contribution in [-0.2, 0) is 4.79 Å². The summed E-state index contributed by atoms with van der Waals surface area (Å²) in [4.78, 5) is 34.4. The summed E-state index contributed by atoms with van der Waals surface area (Å²) in [6, 6.07) is 2.72. The normalized spacial score (nSPS) is 18.3. The molecule has 0 aromatic heterocycles. The maximum atomic E-state index is 13.7. The highest BCUT2D eigenvalue weighted by molar-refractivity contribution is 5.95. The number of likely N-dealkylation sites (tertiary alicyclic amines) is 1. The molecule has 1 atom stereocenters. The van der Waals surface area contributed by atoms with Crippen LogP contribution in [0, 0.1) is 21.8 Å². The zero-order valence-corrected chi connectivity index (χ0v) is 11.0. The Hall–Kier alpha value is -2.51. The molecular weight excluding hydrogens is 283 g/mol. The third kappa shape index (κ3) is 3.15. The molecule has 0 aliphatic carbocycles. The highest BCUT2D eigenvalue weighted by Gasteiger charge is 2.30. The number of amides is 1. The fourth-order valence-corrected chi connectivity index (χ4v) is 2.32. The molecule has 1 aromatic rings. The molecule has 7 nitrogen and oxygen atoms in total. The van der Waals surface area contributed by atoms with Crippen LogP contribution in [0.1, 0.15) is 23.2 Å². The number of hydrogen-bond acceptors (Lipinski definition) is 4. The first kappa shape index (κ1) is 14.9. The number of nitrogens with zero attached hydrogens (tertiary/aromatic N) is 2. The van der Waals surface area contributed by atoms with Crippen LogP contribution >= 0.6 is 0 Å². The Morgan fingerprint density at radius 3 is 2.76 bits per heavy atom. The summed E-state index contributed by atoms with van der Waals surface area (Å²) >= 11 is 0. The van der Waals surface area contributed by atoms with Gasteiger partial charge < -0.3 is 10.0 Å². The summed E-state index contributed by atoms with van der Waals surface area (Å²) in [7, 11) is 0. The summed E-state index contributed by atoms with van der Waals surface area (Å²) in [5.41, 5.74) is -0.790. The lowest BCUT2D eigenvalue weighted by Gasteiger charge is -2.30. The molecule has 112 valence electrons. The van der Waals surface area contributed by atoms with Gasteiger partial charge in [0.2, 0.25) is 0 Å². The van der Waals surface area contributed by atoms with E-state index in [9.17, 15) is 24.1 Å². The van der Waals surface area contributed by atoms with Crippen molar-refractivity contribution in [3.63, 3.8) is 0 Å². The third-order valence-corrected chi connectivity index (χ3v) is 3.45. The Morgan fingerprint density at radius 2 is 2.14 bits per heavy atom. The molecule has 1 fully saturated rings. The summed E-state index contributed by atoms with van der Waals surface area (Å²) in [6.07, 6.45) is 0.954. The molecule has 2 rings (SSSR count). The van der Waals surface area contributed by atoms with E-state index in [2.05, 4.69) is 0 Å². The van der Waals surface area contributed by atoms with Gasteiger partial charge in [-0.05, 0) is 18.9 Å². The van der Waals surface area contributed by atoms with E-state index in [0.29, 0.717) is 19.4 Å². The molecule has 1 amide bonds. The number of carboxylic acid groups (broad SMARTS) is 1. The molecule has 0 spiro atoms. The molecule has 21 heavy (non-hydrogen) atoms. The first-order chi connectivity index (χ1) is 9.90. The van der Waals surface area contributed by atoms with Crippen LogP contribution in [0.15, 0.2) is 18.2 Å². The molecule has 0 radical (unpaired) electrons. The maximum Gasteiger partial charge on any atom is 0.308 e. The Balaban J connectivity index is 2.25. The van der Waals surface area contributed by atoms with E-state index in [0.717, 1.165) is 18.2 Å². The quantitative estimate of drug-likeness (QED) is 0.675. The molecule has 0 unspecified atom stereocenters. The Bertz CT molecular complexity index is 604. The van der Waals surface area contributed by atoms with Gasteiger partial charge in [0.1, 0.15) is 5.82 Å². The van der Waals surface area contributed by atoms with Crippen LogP contribution in [0.3, 0.4) is 0 Å². The number of aliphatic carboxylic acids is 1. The van der Waals surface area contributed by atoms with Gasteiger partial charge >= 0.3 is 5.97 Å². The van der Waals surface area contributed by atoms with Crippen molar-refractivity contribution in [2.75, 3.05) is 13.1 Å². The van der Waals surface area contributed by atoms with Gasteiger partial charge in [-0.3, -0.25) is 19.7 Å². The van der Waals surface area contributed by atoms with Crippen molar-refractivity contribution in [2.45, 2.75) is 12.8 Å². The standard InChI is InChI=1S/C13H13FN2O5/c14-11-4-3-9(16(20)21)6-10(11)12(17)15-5-1-2-8(7-15)13(18)19/h3-4,6,8H,1-2,5,7H2,(H,18,19)/t8-/m0/s1. The minimum absolute atomic E-state index is 0.0176. The molecule has 1 aliphatic heterocycles. The van der Waals surface area contributed by atoms with Gasteiger partial charge in [0.05, 0.1) is 16.4 Å². The van der Waals surface area contributed by atoms with Crippen LogP contribution < -0.4 is 0 Å². The molecule has 0 bridgehead atoms. The summed E-state index contributed by atoms with van der Waals surface area (Å²) in [5.74, 6) is -3.28. The van der Waals surface area contributed by atoms with Gasteiger partial charge in [-0.2, -0.15) is 0 Å². The molecule has 0 saturated carbocycles. The number of non-ortho nitro benzene ring substituents is 1. The SMILES string of the molecule is O=C(O)[C@H]1CCCN(C(=O)c2cc([N+](=O)[O-])ccc2F)C1. The van der Waals surface area contributed by atoms with Crippen molar-refractivity contribution >= 4 is 17.6 Å². The average Bonchev–Trinajstić information content (AvgIpc) is 2.47. The van der Waals surface area contributed by atoms with Gasteiger partial charge in [0.15, 0.2) is 0 Å². The van der Waals surface area contributed by atoms with Crippen LogP contribution in [0.2, 0.25) is 0 Å². The zero-order chi connectivity index (χ0) is 15.6. The van der Waals surface area contributed by atoms with E-state index >= 15 is 0 Å². The number of carbonyl (C=O) groups excluding carboxylic acids is 1. The third-order valence-electron chi connectivity index (χ3n) is 3.45. The molecule has 1 aromatic carbocycles. The fraction of sp³-hybridized carbons (Fsp3) is 0.385. The van der Waals surface area contributed by atoms with E-state index in [-0.39, 0.29) is 12.2 Å². The number of carbonyl (C=O) groups is 2. The molecule has 1 heterocycles. The molecule has 1 N–H and O–H groups in total. The first-order valence-corrected chi connectivity index (χ1v) is 6.36. The zero-order valence-electron chi connectivity index (χ0n) is 11.0. The van der Waals surface area contributed by atoms with Gasteiger partial charge in [-0.1, -0.05) is 0 Å². The number of rotatable bonds is 3. The molecule has 1 saturated heterocycles. The monoisotopic (exact) mass is 296 g/mol. The van der Waals surface area contributed by atoms with E-state index in [4.69, 9.17) is 5.11 Å². The van der Waals surface area contributed by atoms with Gasteiger partial charge in [0.25, 0.3) is 11.6 Å². The Labute approximate surface area is 119 Å². The van der Waals surface area contributed by atoms with E-state index in [1.54, 1.807) is 0 Å². The van der Waals surface area contributed by atoms with Gasteiger partial charge in [-0.15, -0.1) is 0 Å². The number of halogens is 1. The summed E-state index contributed by atoms with van der Waals surface area (Å²) < 4.78 is 13.7. The number of carboxylic acids is 1. The second-order valence-electron chi connectivity index (χ2n) is 4.85. The van der Waals surface area contributed by atoms with Gasteiger partial charge in [0, 0.05) is 25.2 Å². The number of nitro benzene ring substituents is 1. The van der Waals surface area contributed by atoms with Crippen LogP contribution in [0.5, 0.6) is 0 Å². The summed E-state index contributed by atoms with van der Waals surface area (Å²) in [6.45, 7) is 0.293. The van der Waals surface area contributed by atoms with E-state index < -0.39 is 34.1 Å². The van der Waals surface area contributed by atoms with Crippen molar-refractivity contribution in [3.05, 3.63) is 39.7 Å². The first-order valence-electron chi connectivity index (χ1n) is 6.36. The van der Waals surface area contributed by atoms with Gasteiger partial charge in [-0.25, -0.2) is 4.39 Å². The van der Waals surface area contributed by atoms with Crippen molar-refractivity contribution < 1.29 is 24.0 Å². The second-order valence-corrected chi connectivity index (χ2v) is 4.85. The summed E-state index contributed by atoms with van der Waals surface area (Å²) in [5, 5.41) is 19.7.